The van der Waals surface area contributed by atoms with Crippen LogP contribution in [-0.4, -0.2) is 46.5 Å². The fourth-order valence-electron chi connectivity index (χ4n) is 2.33. The summed E-state index contributed by atoms with van der Waals surface area (Å²) < 4.78 is 21.2. The summed E-state index contributed by atoms with van der Waals surface area (Å²) in [6.07, 6.45) is 2.14. The van der Waals surface area contributed by atoms with E-state index in [9.17, 15) is 4.79 Å². The number of carbonyl (C=O) groups excluding carboxylic acids is 1. The van der Waals surface area contributed by atoms with E-state index >= 15 is 0 Å². The molecule has 1 saturated heterocycles. The number of carbonyl (C=O) groups is 1. The van der Waals surface area contributed by atoms with Gasteiger partial charge in [0, 0.05) is 18.7 Å². The van der Waals surface area contributed by atoms with Gasteiger partial charge in [-0.05, 0) is 25.0 Å². The molecule has 1 aliphatic rings. The number of rotatable bonds is 6. The molecule has 1 N–H and O–H groups in total. The van der Waals surface area contributed by atoms with Crippen LogP contribution in [0.1, 0.15) is 23.2 Å². The normalized spacial score (nSPS) is 17.4. The lowest BCUT2D eigenvalue weighted by atomic mass is 10.1. The van der Waals surface area contributed by atoms with Crippen molar-refractivity contribution < 1.29 is 23.7 Å². The first kappa shape index (κ1) is 15.4. The summed E-state index contributed by atoms with van der Waals surface area (Å²) in [6.45, 7) is 1.28. The largest absolute Gasteiger partial charge is 0.493 e. The van der Waals surface area contributed by atoms with E-state index in [0.717, 1.165) is 19.4 Å². The molecular formula is C15H21NO5. The number of methoxy groups -OCH3 is 3. The molecule has 2 rings (SSSR count). The minimum atomic E-state index is -0.190. The van der Waals surface area contributed by atoms with Crippen LogP contribution in [0.4, 0.5) is 0 Å². The molecule has 6 heteroatoms. The van der Waals surface area contributed by atoms with Gasteiger partial charge in [0.2, 0.25) is 5.75 Å². The highest BCUT2D eigenvalue weighted by Crippen LogP contribution is 2.38. The Kier molecular flexibility index (Phi) is 5.27. The van der Waals surface area contributed by atoms with Crippen LogP contribution in [0.15, 0.2) is 12.1 Å². The van der Waals surface area contributed by atoms with Gasteiger partial charge >= 0.3 is 0 Å². The molecule has 0 radical (unpaired) electrons. The first-order valence-electron chi connectivity index (χ1n) is 6.89. The Labute approximate surface area is 124 Å². The van der Waals surface area contributed by atoms with E-state index in [1.54, 1.807) is 12.1 Å². The number of amides is 1. The summed E-state index contributed by atoms with van der Waals surface area (Å²) in [5.74, 6) is 1.19. The van der Waals surface area contributed by atoms with Gasteiger partial charge in [-0.3, -0.25) is 4.79 Å². The second-order valence-electron chi connectivity index (χ2n) is 4.76. The van der Waals surface area contributed by atoms with Crippen molar-refractivity contribution >= 4 is 5.91 Å². The molecule has 0 saturated carbocycles. The van der Waals surface area contributed by atoms with Gasteiger partial charge in [0.1, 0.15) is 0 Å². The maximum Gasteiger partial charge on any atom is 0.251 e. The average Bonchev–Trinajstić information content (AvgIpc) is 3.04. The Morgan fingerprint density at radius 3 is 2.38 bits per heavy atom. The third-order valence-electron chi connectivity index (χ3n) is 3.44. The Hall–Kier alpha value is -1.95. The number of hydrogen-bond acceptors (Lipinski definition) is 5. The maximum absolute atomic E-state index is 12.2. The summed E-state index contributed by atoms with van der Waals surface area (Å²) >= 11 is 0. The zero-order valence-corrected chi connectivity index (χ0v) is 12.6. The third-order valence-corrected chi connectivity index (χ3v) is 3.44. The standard InChI is InChI=1S/C15H21NO5/c1-18-12-7-10(8-13(19-2)14(12)20-3)15(17)16-9-11-5-4-6-21-11/h7-8,11H,4-6,9H2,1-3H3,(H,16,17)/t11-/m1/s1. The summed E-state index contributed by atoms with van der Waals surface area (Å²) in [5, 5.41) is 2.87. The maximum atomic E-state index is 12.2. The predicted molar refractivity (Wildman–Crippen MR) is 77.4 cm³/mol. The number of ether oxygens (including phenoxy) is 4. The van der Waals surface area contributed by atoms with Crippen LogP contribution in [0.3, 0.4) is 0 Å². The third kappa shape index (κ3) is 3.58. The molecule has 21 heavy (non-hydrogen) atoms. The van der Waals surface area contributed by atoms with Crippen molar-refractivity contribution in [1.29, 1.82) is 0 Å². The summed E-state index contributed by atoms with van der Waals surface area (Å²) in [7, 11) is 4.56. The molecule has 0 bridgehead atoms. The monoisotopic (exact) mass is 295 g/mol. The zero-order valence-electron chi connectivity index (χ0n) is 12.6. The van der Waals surface area contributed by atoms with Crippen molar-refractivity contribution in [3.8, 4) is 17.2 Å². The van der Waals surface area contributed by atoms with Crippen LogP contribution in [0.5, 0.6) is 17.2 Å². The molecule has 1 atom stereocenters. The Morgan fingerprint density at radius 1 is 1.24 bits per heavy atom. The lowest BCUT2D eigenvalue weighted by molar-refractivity contribution is 0.0857. The van der Waals surface area contributed by atoms with E-state index < -0.39 is 0 Å². The van der Waals surface area contributed by atoms with Crippen LogP contribution in [0, 0.1) is 0 Å². The smallest absolute Gasteiger partial charge is 0.251 e. The molecule has 0 aliphatic carbocycles. The van der Waals surface area contributed by atoms with Gasteiger partial charge in [-0.15, -0.1) is 0 Å². The second-order valence-corrected chi connectivity index (χ2v) is 4.76. The fraction of sp³-hybridized carbons (Fsp3) is 0.533. The van der Waals surface area contributed by atoms with Crippen molar-refractivity contribution in [2.75, 3.05) is 34.5 Å². The van der Waals surface area contributed by atoms with Crippen LogP contribution in [0.25, 0.3) is 0 Å². The van der Waals surface area contributed by atoms with E-state index in [4.69, 9.17) is 18.9 Å². The van der Waals surface area contributed by atoms with Crippen LogP contribution >= 0.6 is 0 Å². The molecule has 0 spiro atoms. The molecule has 6 nitrogen and oxygen atoms in total. The minimum absolute atomic E-state index is 0.107. The second kappa shape index (κ2) is 7.17. The van der Waals surface area contributed by atoms with Crippen LogP contribution in [-0.2, 0) is 4.74 Å². The highest BCUT2D eigenvalue weighted by atomic mass is 16.5. The highest BCUT2D eigenvalue weighted by Gasteiger charge is 2.19. The summed E-state index contributed by atoms with van der Waals surface area (Å²) in [5.41, 5.74) is 0.461. The fourth-order valence-corrected chi connectivity index (χ4v) is 2.33. The van der Waals surface area contributed by atoms with E-state index in [-0.39, 0.29) is 12.0 Å². The van der Waals surface area contributed by atoms with Crippen molar-refractivity contribution in [1.82, 2.24) is 5.32 Å². The predicted octanol–water partition coefficient (Wildman–Crippen LogP) is 1.62. The Morgan fingerprint density at radius 2 is 1.90 bits per heavy atom. The van der Waals surface area contributed by atoms with Gasteiger partial charge in [-0.1, -0.05) is 0 Å². The van der Waals surface area contributed by atoms with Crippen molar-refractivity contribution in [2.45, 2.75) is 18.9 Å². The van der Waals surface area contributed by atoms with Crippen LogP contribution in [0.2, 0.25) is 0 Å². The van der Waals surface area contributed by atoms with Gasteiger partial charge < -0.3 is 24.3 Å². The van der Waals surface area contributed by atoms with E-state index in [2.05, 4.69) is 5.32 Å². The van der Waals surface area contributed by atoms with E-state index in [1.165, 1.54) is 21.3 Å². The van der Waals surface area contributed by atoms with E-state index in [0.29, 0.717) is 29.4 Å². The molecular weight excluding hydrogens is 274 g/mol. The first-order chi connectivity index (χ1) is 10.2. The highest BCUT2D eigenvalue weighted by molar-refractivity contribution is 5.95. The van der Waals surface area contributed by atoms with Crippen molar-refractivity contribution in [3.63, 3.8) is 0 Å². The molecule has 116 valence electrons. The lowest BCUT2D eigenvalue weighted by Crippen LogP contribution is -2.31. The average molecular weight is 295 g/mol. The molecule has 1 aromatic rings. The number of nitrogens with one attached hydrogen (secondary N) is 1. The van der Waals surface area contributed by atoms with Gasteiger partial charge in [-0.25, -0.2) is 0 Å². The Balaban J connectivity index is 2.12. The van der Waals surface area contributed by atoms with Crippen molar-refractivity contribution in [3.05, 3.63) is 17.7 Å². The molecule has 1 fully saturated rings. The Bertz CT molecular complexity index is 472. The lowest BCUT2D eigenvalue weighted by Gasteiger charge is -2.15. The molecule has 1 aromatic carbocycles. The van der Waals surface area contributed by atoms with Gasteiger partial charge in [0.15, 0.2) is 11.5 Å². The number of benzene rings is 1. The number of hydrogen-bond donors (Lipinski definition) is 1. The van der Waals surface area contributed by atoms with Gasteiger partial charge in [-0.2, -0.15) is 0 Å². The van der Waals surface area contributed by atoms with Gasteiger partial charge in [0.05, 0.1) is 27.4 Å². The van der Waals surface area contributed by atoms with Crippen molar-refractivity contribution in [2.24, 2.45) is 0 Å². The molecule has 1 heterocycles. The molecule has 1 aliphatic heterocycles. The minimum Gasteiger partial charge on any atom is -0.493 e. The molecule has 0 unspecified atom stereocenters. The van der Waals surface area contributed by atoms with E-state index in [1.807, 2.05) is 0 Å². The van der Waals surface area contributed by atoms with Crippen LogP contribution < -0.4 is 19.5 Å². The topological polar surface area (TPSA) is 66.0 Å². The SMILES string of the molecule is COc1cc(C(=O)NC[C@H]2CCCO2)cc(OC)c1OC. The zero-order chi connectivity index (χ0) is 15.2. The first-order valence-corrected chi connectivity index (χ1v) is 6.89. The molecule has 1 amide bonds. The summed E-state index contributed by atoms with van der Waals surface area (Å²) in [6, 6.07) is 3.26. The van der Waals surface area contributed by atoms with Gasteiger partial charge in [0.25, 0.3) is 5.91 Å². The summed E-state index contributed by atoms with van der Waals surface area (Å²) in [4.78, 5) is 12.2. The molecule has 0 aromatic heterocycles. The quantitative estimate of drug-likeness (QED) is 0.864.